The van der Waals surface area contributed by atoms with Crippen molar-refractivity contribution in [2.75, 3.05) is 17.2 Å². The fourth-order valence-electron chi connectivity index (χ4n) is 2.55. The minimum absolute atomic E-state index is 0.0549. The number of carbonyl (C=O) groups is 1. The highest BCUT2D eigenvalue weighted by molar-refractivity contribution is 7.85. The molecule has 0 aliphatic carbocycles. The minimum atomic E-state index is -2.73. The first-order valence-corrected chi connectivity index (χ1v) is 10.2. The summed E-state index contributed by atoms with van der Waals surface area (Å²) < 4.78 is 58.0. The highest BCUT2D eigenvalue weighted by Crippen LogP contribution is 2.23. The molecule has 0 aliphatic heterocycles. The van der Waals surface area contributed by atoms with Gasteiger partial charge in [0.15, 0.2) is 12.4 Å². The lowest BCUT2D eigenvalue weighted by molar-refractivity contribution is 0.0765. The van der Waals surface area contributed by atoms with Crippen molar-refractivity contribution in [2.45, 2.75) is 19.9 Å². The third-order valence-electron chi connectivity index (χ3n) is 3.97. The monoisotopic (exact) mass is 439 g/mol. The van der Waals surface area contributed by atoms with Gasteiger partial charge in [0.1, 0.15) is 16.8 Å². The molecule has 0 saturated carbocycles. The Morgan fingerprint density at radius 1 is 1.23 bits per heavy atom. The number of halogens is 3. The van der Waals surface area contributed by atoms with Gasteiger partial charge >= 0.3 is 0 Å². The van der Waals surface area contributed by atoms with Crippen molar-refractivity contribution in [2.24, 2.45) is 10.2 Å². The third-order valence-corrected chi connectivity index (χ3v) is 4.93. The number of nitrogens with zero attached hydrogens (tertiary/aromatic N) is 3. The van der Waals surface area contributed by atoms with Gasteiger partial charge in [-0.3, -0.25) is 9.10 Å². The maximum atomic E-state index is 14.7. The summed E-state index contributed by atoms with van der Waals surface area (Å²) in [6.45, 7) is 3.58. The second kappa shape index (κ2) is 10.7. The van der Waals surface area contributed by atoms with Crippen LogP contribution in [-0.2, 0) is 22.3 Å². The summed E-state index contributed by atoms with van der Waals surface area (Å²) in [5, 5.41) is 6.76. The first-order chi connectivity index (χ1) is 14.2. The highest BCUT2D eigenvalue weighted by atomic mass is 32.2. The molecule has 0 fully saturated rings. The average Bonchev–Trinajstić information content (AvgIpc) is 2.69. The highest BCUT2D eigenvalue weighted by Gasteiger charge is 2.17. The first-order valence-electron chi connectivity index (χ1n) is 8.68. The molecular weight excluding hydrogens is 419 g/mol. The Hall–Kier alpha value is -3.01. The molecule has 0 aliphatic rings. The molecule has 0 N–H and O–H groups in total. The van der Waals surface area contributed by atoms with Crippen molar-refractivity contribution >= 4 is 35.1 Å². The van der Waals surface area contributed by atoms with Crippen molar-refractivity contribution in [3.8, 4) is 0 Å². The molecular formula is C20H20F3N3O3S. The molecule has 2 rings (SSSR count). The van der Waals surface area contributed by atoms with E-state index >= 15 is 0 Å². The van der Waals surface area contributed by atoms with Crippen LogP contribution in [0, 0.1) is 5.82 Å². The molecule has 1 unspecified atom stereocenters. The molecule has 1 atom stereocenters. The molecule has 0 bridgehead atoms. The Bertz CT molecular complexity index is 983. The summed E-state index contributed by atoms with van der Waals surface area (Å²) in [7, 11) is -1.51. The second-order valence-corrected chi connectivity index (χ2v) is 7.41. The van der Waals surface area contributed by atoms with E-state index in [1.54, 1.807) is 24.3 Å². The van der Waals surface area contributed by atoms with Gasteiger partial charge in [-0.05, 0) is 31.2 Å². The van der Waals surface area contributed by atoms with Crippen LogP contribution in [0.25, 0.3) is 0 Å². The van der Waals surface area contributed by atoms with Gasteiger partial charge in [0, 0.05) is 29.7 Å². The molecule has 2 aromatic rings. The molecule has 0 spiro atoms. The van der Waals surface area contributed by atoms with Crippen LogP contribution in [-0.4, -0.2) is 41.9 Å². The van der Waals surface area contributed by atoms with Crippen LogP contribution in [0.15, 0.2) is 52.7 Å². The topological polar surface area (TPSA) is 71.3 Å². The smallest absolute Gasteiger partial charge is 0.272 e. The van der Waals surface area contributed by atoms with Gasteiger partial charge in [0.25, 0.3) is 6.43 Å². The molecule has 160 valence electrons. The van der Waals surface area contributed by atoms with Gasteiger partial charge in [-0.1, -0.05) is 18.2 Å². The van der Waals surface area contributed by atoms with E-state index < -0.39 is 29.8 Å². The third kappa shape index (κ3) is 6.24. The summed E-state index contributed by atoms with van der Waals surface area (Å²) in [6, 6.07) is 10.4. The summed E-state index contributed by atoms with van der Waals surface area (Å²) in [5.74, 6) is -1.12. The number of hydrogen-bond donors (Lipinski definition) is 0. The molecule has 6 nitrogen and oxygen atoms in total. The van der Waals surface area contributed by atoms with Crippen LogP contribution in [0.1, 0.15) is 28.4 Å². The van der Waals surface area contributed by atoms with Crippen LogP contribution in [0.5, 0.6) is 0 Å². The maximum absolute atomic E-state index is 14.7. The number of anilines is 1. The summed E-state index contributed by atoms with van der Waals surface area (Å²) in [6.07, 6.45) is -1.30. The largest absolute Gasteiger partial charge is 0.470 e. The number of benzene rings is 2. The summed E-state index contributed by atoms with van der Waals surface area (Å²) in [4.78, 5) is 11.6. The van der Waals surface area contributed by atoms with Crippen molar-refractivity contribution < 1.29 is 26.9 Å². The van der Waals surface area contributed by atoms with Crippen LogP contribution in [0.2, 0.25) is 0 Å². The Morgan fingerprint density at radius 2 is 1.97 bits per heavy atom. The quantitative estimate of drug-likeness (QED) is 0.257. The Morgan fingerprint density at radius 3 is 2.53 bits per heavy atom. The average molecular weight is 439 g/mol. The number of alkyl halides is 2. The molecule has 0 amide bonds. The van der Waals surface area contributed by atoms with E-state index in [-0.39, 0.29) is 29.4 Å². The molecule has 10 heteroatoms. The second-order valence-electron chi connectivity index (χ2n) is 6.12. The van der Waals surface area contributed by atoms with Gasteiger partial charge < -0.3 is 4.74 Å². The number of rotatable bonds is 9. The fraction of sp³-hybridized carbons (Fsp3) is 0.250. The van der Waals surface area contributed by atoms with E-state index in [0.29, 0.717) is 11.3 Å². The van der Waals surface area contributed by atoms with E-state index in [1.165, 1.54) is 29.6 Å². The fourth-order valence-corrected chi connectivity index (χ4v) is 3.28. The lowest BCUT2D eigenvalue weighted by atomic mass is 10.1. The van der Waals surface area contributed by atoms with Gasteiger partial charge in [-0.2, -0.15) is 5.10 Å². The lowest BCUT2D eigenvalue weighted by Crippen LogP contribution is -2.25. The van der Waals surface area contributed by atoms with E-state index in [9.17, 15) is 22.2 Å². The Labute approximate surface area is 174 Å². The zero-order valence-electron chi connectivity index (χ0n) is 16.3. The van der Waals surface area contributed by atoms with E-state index in [0.717, 1.165) is 6.07 Å². The van der Waals surface area contributed by atoms with E-state index in [1.807, 2.05) is 0 Å². The normalized spacial score (nSPS) is 12.5. The van der Waals surface area contributed by atoms with Crippen molar-refractivity contribution in [3.63, 3.8) is 0 Å². The van der Waals surface area contributed by atoms with Crippen LogP contribution in [0.3, 0.4) is 0 Å². The van der Waals surface area contributed by atoms with Crippen molar-refractivity contribution in [3.05, 3.63) is 65.0 Å². The zero-order valence-corrected chi connectivity index (χ0v) is 17.2. The number of ether oxygens (including phenoxy) is 1. The van der Waals surface area contributed by atoms with E-state index in [2.05, 4.69) is 16.9 Å². The van der Waals surface area contributed by atoms with Gasteiger partial charge in [-0.25, -0.2) is 17.4 Å². The predicted molar refractivity (Wildman–Crippen MR) is 111 cm³/mol. The molecule has 0 radical (unpaired) electrons. The lowest BCUT2D eigenvalue weighted by Gasteiger charge is -2.22. The van der Waals surface area contributed by atoms with Gasteiger partial charge in [-0.15, -0.1) is 5.10 Å². The van der Waals surface area contributed by atoms with Gasteiger partial charge in [0.2, 0.25) is 5.90 Å². The number of Topliss-reactive ketones (excluding diaryl/α,β-unsaturated/α-hetero) is 1. The van der Waals surface area contributed by atoms with Crippen molar-refractivity contribution in [1.82, 2.24) is 0 Å². The van der Waals surface area contributed by atoms with Crippen molar-refractivity contribution in [1.29, 1.82) is 0 Å². The Balaban J connectivity index is 2.31. The molecule has 0 saturated heterocycles. The number of ketones is 1. The summed E-state index contributed by atoms with van der Waals surface area (Å²) in [5.41, 5.74) is 1.23. The molecule has 2 aromatic carbocycles. The summed E-state index contributed by atoms with van der Waals surface area (Å²) >= 11 is 0. The Kier molecular flexibility index (Phi) is 8.28. The van der Waals surface area contributed by atoms with E-state index in [4.69, 9.17) is 4.74 Å². The van der Waals surface area contributed by atoms with Crippen LogP contribution in [0.4, 0.5) is 18.9 Å². The SMILES string of the molecule is C=N/N=C(\OCC(F)F)c1ccc(CN(c2cccc(C(C)=O)c2)S(C)=O)c(F)c1. The predicted octanol–water partition coefficient (Wildman–Crippen LogP) is 3.97. The molecule has 30 heavy (non-hydrogen) atoms. The first kappa shape index (κ1) is 23.3. The maximum Gasteiger partial charge on any atom is 0.272 e. The number of hydrogen-bond acceptors (Lipinski definition) is 5. The van der Waals surface area contributed by atoms with Gasteiger partial charge in [0.05, 0.1) is 12.2 Å². The minimum Gasteiger partial charge on any atom is -0.470 e. The molecule has 0 aromatic heterocycles. The van der Waals surface area contributed by atoms with Crippen LogP contribution < -0.4 is 4.31 Å². The standard InChI is InChI=1S/C20H20F3N3O3S/c1-13(27)14-5-4-6-17(9-14)26(30(3)28)11-16-8-7-15(10-18(16)21)20(25-24-2)29-12-19(22)23/h4-10,19H,2,11-12H2,1,3H3/b25-20-. The number of carbonyl (C=O) groups excluding carboxylic acids is 1. The molecule has 0 heterocycles. The zero-order chi connectivity index (χ0) is 22.3. The van der Waals surface area contributed by atoms with Crippen LogP contribution >= 0.6 is 0 Å².